The average molecular weight is 316 g/mol. The first-order chi connectivity index (χ1) is 10.9. The van der Waals surface area contributed by atoms with Gasteiger partial charge in [-0.15, -0.1) is 0 Å². The van der Waals surface area contributed by atoms with Crippen LogP contribution in [-0.2, 0) is 6.54 Å². The van der Waals surface area contributed by atoms with Gasteiger partial charge in [-0.2, -0.15) is 0 Å². The zero-order valence-electron chi connectivity index (χ0n) is 13.0. The lowest BCUT2D eigenvalue weighted by Gasteiger charge is -2.27. The summed E-state index contributed by atoms with van der Waals surface area (Å²) in [5.74, 6) is -1.62. The van der Waals surface area contributed by atoms with Crippen LogP contribution in [0.1, 0.15) is 19.4 Å². The Hall–Kier alpha value is -2.89. The van der Waals surface area contributed by atoms with E-state index in [-0.39, 0.29) is 17.8 Å². The van der Waals surface area contributed by atoms with Crippen molar-refractivity contribution in [2.75, 3.05) is 5.32 Å². The minimum atomic E-state index is -0.618. The van der Waals surface area contributed by atoms with Gasteiger partial charge in [0.2, 0.25) is 0 Å². The molecule has 4 N–H and O–H groups in total. The number of anilines is 1. The van der Waals surface area contributed by atoms with Gasteiger partial charge in [-0.05, 0) is 19.4 Å². The van der Waals surface area contributed by atoms with Crippen LogP contribution in [0.4, 0.5) is 10.5 Å². The van der Waals surface area contributed by atoms with Crippen molar-refractivity contribution in [2.45, 2.75) is 26.4 Å². The molecule has 122 valence electrons. The molecule has 0 fully saturated rings. The number of nitrogens with zero attached hydrogens (tertiary/aromatic N) is 1. The number of carbonyl (C=O) groups excluding carboxylic acids is 1. The Morgan fingerprint density at radius 2 is 1.65 bits per heavy atom. The molecule has 0 radical (unpaired) electrons. The molecule has 0 aromatic heterocycles. The van der Waals surface area contributed by atoms with Gasteiger partial charge >= 0.3 is 6.03 Å². The molecule has 0 saturated heterocycles. The molecule has 2 rings (SSSR count). The van der Waals surface area contributed by atoms with Crippen LogP contribution in [0.15, 0.2) is 42.5 Å². The Bertz CT molecular complexity index is 663. The fraction of sp³-hybridized carbons (Fsp3) is 0.235. The number of rotatable bonds is 4. The average Bonchev–Trinajstić information content (AvgIpc) is 2.50. The molecule has 0 spiro atoms. The minimum absolute atomic E-state index is 0.0467. The summed E-state index contributed by atoms with van der Waals surface area (Å²) in [6.07, 6.45) is 0. The Kier molecular flexibility index (Phi) is 4.95. The lowest BCUT2D eigenvalue weighted by Crippen LogP contribution is -2.39. The van der Waals surface area contributed by atoms with E-state index < -0.39 is 17.2 Å². The molecule has 6 heteroatoms. The number of carbonyl (C=O) groups is 1. The van der Waals surface area contributed by atoms with Crippen molar-refractivity contribution in [1.29, 1.82) is 0 Å². The lowest BCUT2D eigenvalue weighted by atomic mass is 10.2. The minimum Gasteiger partial charge on any atom is -0.504 e. The fourth-order valence-corrected chi connectivity index (χ4v) is 2.14. The molecule has 0 saturated carbocycles. The smallest absolute Gasteiger partial charge is 0.322 e. The summed E-state index contributed by atoms with van der Waals surface area (Å²) in [6, 6.07) is 11.5. The maximum atomic E-state index is 12.5. The van der Waals surface area contributed by atoms with Crippen molar-refractivity contribution in [3.63, 3.8) is 0 Å². The van der Waals surface area contributed by atoms with E-state index in [0.29, 0.717) is 6.54 Å². The summed E-state index contributed by atoms with van der Waals surface area (Å²) < 4.78 is 0. The molecule has 0 heterocycles. The van der Waals surface area contributed by atoms with Crippen LogP contribution in [0, 0.1) is 0 Å². The van der Waals surface area contributed by atoms with E-state index in [0.717, 1.165) is 5.56 Å². The van der Waals surface area contributed by atoms with Crippen molar-refractivity contribution in [3.8, 4) is 17.2 Å². The van der Waals surface area contributed by atoms with Gasteiger partial charge in [0.1, 0.15) is 0 Å². The Balaban J connectivity index is 2.16. The van der Waals surface area contributed by atoms with Crippen LogP contribution in [0.5, 0.6) is 17.2 Å². The number of phenols is 3. The van der Waals surface area contributed by atoms with Crippen molar-refractivity contribution in [3.05, 3.63) is 48.0 Å². The summed E-state index contributed by atoms with van der Waals surface area (Å²) in [6.45, 7) is 4.23. The number of urea groups is 1. The second-order valence-electron chi connectivity index (χ2n) is 5.50. The number of hydrogen-bond donors (Lipinski definition) is 4. The maximum absolute atomic E-state index is 12.5. The van der Waals surface area contributed by atoms with Crippen LogP contribution in [-0.4, -0.2) is 32.3 Å². The molecule has 0 atom stereocenters. The molecular formula is C17H20N2O4. The third kappa shape index (κ3) is 4.06. The highest BCUT2D eigenvalue weighted by molar-refractivity contribution is 5.90. The first-order valence-corrected chi connectivity index (χ1v) is 7.25. The van der Waals surface area contributed by atoms with E-state index in [4.69, 9.17) is 0 Å². The molecule has 2 aromatic rings. The third-order valence-corrected chi connectivity index (χ3v) is 3.40. The number of nitrogens with one attached hydrogen (secondary N) is 1. The summed E-state index contributed by atoms with van der Waals surface area (Å²) in [7, 11) is 0. The van der Waals surface area contributed by atoms with E-state index in [1.54, 1.807) is 4.90 Å². The summed E-state index contributed by atoms with van der Waals surface area (Å²) in [5, 5.41) is 30.9. The van der Waals surface area contributed by atoms with Crippen molar-refractivity contribution in [2.24, 2.45) is 0 Å². The molecule has 0 aliphatic heterocycles. The summed E-state index contributed by atoms with van der Waals surface area (Å²) in [5.41, 5.74) is 1.19. The normalized spacial score (nSPS) is 10.6. The van der Waals surface area contributed by atoms with Crippen LogP contribution in [0.25, 0.3) is 0 Å². The lowest BCUT2D eigenvalue weighted by molar-refractivity contribution is 0.193. The van der Waals surface area contributed by atoms with Gasteiger partial charge in [-0.1, -0.05) is 30.3 Å². The van der Waals surface area contributed by atoms with E-state index >= 15 is 0 Å². The van der Waals surface area contributed by atoms with Crippen LogP contribution < -0.4 is 5.32 Å². The second-order valence-corrected chi connectivity index (χ2v) is 5.50. The molecule has 0 bridgehead atoms. The van der Waals surface area contributed by atoms with E-state index in [9.17, 15) is 20.1 Å². The first kappa shape index (κ1) is 16.5. The van der Waals surface area contributed by atoms with E-state index in [1.807, 2.05) is 44.2 Å². The van der Waals surface area contributed by atoms with E-state index in [2.05, 4.69) is 5.32 Å². The van der Waals surface area contributed by atoms with Crippen molar-refractivity contribution in [1.82, 2.24) is 4.90 Å². The van der Waals surface area contributed by atoms with Crippen molar-refractivity contribution >= 4 is 11.7 Å². The summed E-state index contributed by atoms with van der Waals surface area (Å²) in [4.78, 5) is 14.1. The molecular weight excluding hydrogens is 296 g/mol. The predicted molar refractivity (Wildman–Crippen MR) is 87.6 cm³/mol. The molecule has 0 aliphatic carbocycles. The molecule has 2 amide bonds. The monoisotopic (exact) mass is 316 g/mol. The first-order valence-electron chi connectivity index (χ1n) is 7.25. The molecule has 0 unspecified atom stereocenters. The van der Waals surface area contributed by atoms with Crippen LogP contribution >= 0.6 is 0 Å². The number of amides is 2. The largest absolute Gasteiger partial charge is 0.504 e. The highest BCUT2D eigenvalue weighted by atomic mass is 16.3. The van der Waals surface area contributed by atoms with Gasteiger partial charge in [-0.25, -0.2) is 4.79 Å². The van der Waals surface area contributed by atoms with Gasteiger partial charge in [0.15, 0.2) is 17.2 Å². The zero-order valence-corrected chi connectivity index (χ0v) is 13.0. The fourth-order valence-electron chi connectivity index (χ4n) is 2.14. The van der Waals surface area contributed by atoms with Gasteiger partial charge in [0, 0.05) is 24.7 Å². The zero-order chi connectivity index (χ0) is 17.0. The number of aromatic hydroxyl groups is 3. The van der Waals surface area contributed by atoms with Gasteiger partial charge < -0.3 is 25.5 Å². The highest BCUT2D eigenvalue weighted by Crippen LogP contribution is 2.37. The standard InChI is InChI=1S/C17H20N2O4/c1-11(2)19(10-12-6-4-3-5-7-12)17(23)18-13-8-14(20)16(22)15(21)9-13/h3-9,11,20-22H,10H2,1-2H3,(H,18,23). The Morgan fingerprint density at radius 3 is 2.17 bits per heavy atom. The second kappa shape index (κ2) is 6.91. The quantitative estimate of drug-likeness (QED) is 0.514. The third-order valence-electron chi connectivity index (χ3n) is 3.40. The van der Waals surface area contributed by atoms with Crippen molar-refractivity contribution < 1.29 is 20.1 Å². The molecule has 6 nitrogen and oxygen atoms in total. The van der Waals surface area contributed by atoms with Crippen LogP contribution in [0.2, 0.25) is 0 Å². The van der Waals surface area contributed by atoms with Gasteiger partial charge in [0.25, 0.3) is 0 Å². The van der Waals surface area contributed by atoms with Crippen LogP contribution in [0.3, 0.4) is 0 Å². The number of hydrogen-bond acceptors (Lipinski definition) is 4. The van der Waals surface area contributed by atoms with E-state index in [1.165, 1.54) is 12.1 Å². The highest BCUT2D eigenvalue weighted by Gasteiger charge is 2.18. The Labute approximate surface area is 134 Å². The predicted octanol–water partition coefficient (Wildman–Crippen LogP) is 3.25. The number of phenolic OH excluding ortho intramolecular Hbond substituents is 3. The summed E-state index contributed by atoms with van der Waals surface area (Å²) >= 11 is 0. The SMILES string of the molecule is CC(C)N(Cc1ccccc1)C(=O)Nc1cc(O)c(O)c(O)c1. The molecule has 2 aromatic carbocycles. The van der Waals surface area contributed by atoms with Gasteiger partial charge in [-0.3, -0.25) is 0 Å². The topological polar surface area (TPSA) is 93.0 Å². The van der Waals surface area contributed by atoms with Gasteiger partial charge in [0.05, 0.1) is 5.69 Å². The molecule has 0 aliphatic rings. The maximum Gasteiger partial charge on any atom is 0.322 e. The number of benzene rings is 2. The Morgan fingerprint density at radius 1 is 1.09 bits per heavy atom. The molecule has 23 heavy (non-hydrogen) atoms.